The number of hydrogen-bond donors (Lipinski definition) is 3. The molecule has 0 amide bonds. The molecule has 0 saturated heterocycles. The van der Waals surface area contributed by atoms with Crippen molar-refractivity contribution in [3.8, 4) is 0 Å². The highest BCUT2D eigenvalue weighted by Gasteiger charge is 2.01. The highest BCUT2D eigenvalue weighted by Crippen LogP contribution is 2.10. The molecule has 0 aromatic heterocycles. The summed E-state index contributed by atoms with van der Waals surface area (Å²) in [5, 5.41) is 3.57. The average molecular weight is 323 g/mol. The van der Waals surface area contributed by atoms with Gasteiger partial charge < -0.3 is 10.7 Å². The third-order valence-corrected chi connectivity index (χ3v) is 3.37. The first kappa shape index (κ1) is 16.8. The first-order valence-corrected chi connectivity index (χ1v) is 7.89. The normalized spacial score (nSPS) is 10.7. The monoisotopic (exact) mass is 323 g/mol. The molecule has 0 atom stereocenters. The standard InChI is InChI=1S/C19H21N3S/c1-2-13-20-19(23)22-21-18(14-16-9-5-3-6-10-16)15-17-11-7-4-8-12-17/h2-12,14,21H,1,13,15H2,(H2,20,22,23)/b18-14+. The van der Waals surface area contributed by atoms with Crippen LogP contribution in [0.15, 0.2) is 79.0 Å². The zero-order valence-electron chi connectivity index (χ0n) is 13.0. The van der Waals surface area contributed by atoms with Crippen LogP contribution in [0.25, 0.3) is 6.08 Å². The Hall–Kier alpha value is -2.59. The highest BCUT2D eigenvalue weighted by atomic mass is 32.1. The third kappa shape index (κ3) is 6.36. The molecule has 23 heavy (non-hydrogen) atoms. The Morgan fingerprint density at radius 1 is 0.957 bits per heavy atom. The number of hydrogen-bond acceptors (Lipinski definition) is 2. The van der Waals surface area contributed by atoms with Crippen molar-refractivity contribution in [3.05, 3.63) is 90.1 Å². The molecular formula is C19H21N3S. The Balaban J connectivity index is 2.06. The predicted octanol–water partition coefficient (Wildman–Crippen LogP) is 3.42. The lowest BCUT2D eigenvalue weighted by Crippen LogP contribution is -2.43. The Labute approximate surface area is 143 Å². The first-order valence-electron chi connectivity index (χ1n) is 7.48. The van der Waals surface area contributed by atoms with E-state index in [1.807, 2.05) is 36.4 Å². The topological polar surface area (TPSA) is 36.1 Å². The molecular weight excluding hydrogens is 302 g/mol. The van der Waals surface area contributed by atoms with Crippen LogP contribution in [0.1, 0.15) is 11.1 Å². The van der Waals surface area contributed by atoms with Crippen molar-refractivity contribution < 1.29 is 0 Å². The van der Waals surface area contributed by atoms with E-state index in [1.165, 1.54) is 5.56 Å². The Bertz CT molecular complexity index is 651. The van der Waals surface area contributed by atoms with Crippen molar-refractivity contribution in [2.45, 2.75) is 6.42 Å². The number of allylic oxidation sites excluding steroid dienone is 1. The van der Waals surface area contributed by atoms with E-state index in [4.69, 9.17) is 12.2 Å². The van der Waals surface area contributed by atoms with Crippen LogP contribution in [0.4, 0.5) is 0 Å². The van der Waals surface area contributed by atoms with Crippen molar-refractivity contribution in [1.82, 2.24) is 16.2 Å². The van der Waals surface area contributed by atoms with Gasteiger partial charge in [-0.05, 0) is 29.4 Å². The number of hydrazine groups is 1. The molecule has 0 spiro atoms. The molecule has 2 rings (SSSR count). The molecule has 3 N–H and O–H groups in total. The van der Waals surface area contributed by atoms with Gasteiger partial charge in [0.05, 0.1) is 0 Å². The van der Waals surface area contributed by atoms with Gasteiger partial charge in [-0.2, -0.15) is 0 Å². The van der Waals surface area contributed by atoms with E-state index in [0.717, 1.165) is 17.7 Å². The lowest BCUT2D eigenvalue weighted by atomic mass is 10.1. The van der Waals surface area contributed by atoms with Crippen LogP contribution in [0.5, 0.6) is 0 Å². The van der Waals surface area contributed by atoms with Crippen molar-refractivity contribution in [3.63, 3.8) is 0 Å². The number of benzene rings is 2. The minimum absolute atomic E-state index is 0.539. The summed E-state index contributed by atoms with van der Waals surface area (Å²) in [7, 11) is 0. The second-order valence-electron chi connectivity index (χ2n) is 4.99. The zero-order valence-corrected chi connectivity index (χ0v) is 13.8. The van der Waals surface area contributed by atoms with Crippen LogP contribution in [-0.2, 0) is 6.42 Å². The van der Waals surface area contributed by atoms with E-state index < -0.39 is 0 Å². The lowest BCUT2D eigenvalue weighted by Gasteiger charge is -2.15. The largest absolute Gasteiger partial charge is 0.358 e. The molecule has 0 radical (unpaired) electrons. The van der Waals surface area contributed by atoms with Gasteiger partial charge in [-0.1, -0.05) is 66.7 Å². The quantitative estimate of drug-likeness (QED) is 0.414. The van der Waals surface area contributed by atoms with Crippen molar-refractivity contribution in [2.24, 2.45) is 0 Å². The second-order valence-corrected chi connectivity index (χ2v) is 5.40. The minimum Gasteiger partial charge on any atom is -0.358 e. The highest BCUT2D eigenvalue weighted by molar-refractivity contribution is 7.80. The predicted molar refractivity (Wildman–Crippen MR) is 102 cm³/mol. The Kier molecular flexibility index (Phi) is 6.88. The van der Waals surface area contributed by atoms with Gasteiger partial charge in [-0.25, -0.2) is 0 Å². The Morgan fingerprint density at radius 2 is 1.61 bits per heavy atom. The summed E-state index contributed by atoms with van der Waals surface area (Å²) in [6.45, 7) is 4.29. The van der Waals surface area contributed by atoms with E-state index in [1.54, 1.807) is 6.08 Å². The van der Waals surface area contributed by atoms with Gasteiger partial charge >= 0.3 is 0 Å². The van der Waals surface area contributed by atoms with Crippen LogP contribution in [0.3, 0.4) is 0 Å². The van der Waals surface area contributed by atoms with E-state index in [-0.39, 0.29) is 0 Å². The maximum absolute atomic E-state index is 5.21. The summed E-state index contributed by atoms with van der Waals surface area (Å²) in [6.07, 6.45) is 4.65. The van der Waals surface area contributed by atoms with Gasteiger partial charge in [0.15, 0.2) is 5.11 Å². The van der Waals surface area contributed by atoms with Crippen molar-refractivity contribution in [1.29, 1.82) is 0 Å². The van der Waals surface area contributed by atoms with Gasteiger partial charge in [-0.15, -0.1) is 6.58 Å². The average Bonchev–Trinajstić information content (AvgIpc) is 2.59. The molecule has 0 unspecified atom stereocenters. The second kappa shape index (κ2) is 9.43. The van der Waals surface area contributed by atoms with Gasteiger partial charge in [0.2, 0.25) is 0 Å². The van der Waals surface area contributed by atoms with Gasteiger partial charge in [0.1, 0.15) is 0 Å². The summed E-state index contributed by atoms with van der Waals surface area (Å²) in [5.74, 6) is 0. The van der Waals surface area contributed by atoms with Crippen LogP contribution < -0.4 is 16.2 Å². The fourth-order valence-electron chi connectivity index (χ4n) is 2.04. The Morgan fingerprint density at radius 3 is 2.26 bits per heavy atom. The van der Waals surface area contributed by atoms with Crippen LogP contribution in [0.2, 0.25) is 0 Å². The molecule has 0 heterocycles. The molecule has 4 heteroatoms. The number of thiocarbonyl (C=S) groups is 1. The molecule has 3 nitrogen and oxygen atoms in total. The molecule has 118 valence electrons. The fraction of sp³-hybridized carbons (Fsp3) is 0.105. The van der Waals surface area contributed by atoms with Gasteiger partial charge in [-0.3, -0.25) is 5.43 Å². The fourth-order valence-corrected chi connectivity index (χ4v) is 2.18. The minimum atomic E-state index is 0.539. The van der Waals surface area contributed by atoms with Crippen LogP contribution in [0, 0.1) is 0 Å². The van der Waals surface area contributed by atoms with Gasteiger partial charge in [0, 0.05) is 18.7 Å². The summed E-state index contributed by atoms with van der Waals surface area (Å²) >= 11 is 5.21. The van der Waals surface area contributed by atoms with Crippen molar-refractivity contribution in [2.75, 3.05) is 6.54 Å². The van der Waals surface area contributed by atoms with E-state index in [9.17, 15) is 0 Å². The van der Waals surface area contributed by atoms with Crippen molar-refractivity contribution >= 4 is 23.4 Å². The van der Waals surface area contributed by atoms with E-state index in [0.29, 0.717) is 11.7 Å². The molecule has 2 aromatic carbocycles. The SMILES string of the molecule is C=CCNC(=S)NN/C(=C/c1ccccc1)Cc1ccccc1. The smallest absolute Gasteiger partial charge is 0.185 e. The molecule has 0 saturated carbocycles. The zero-order chi connectivity index (χ0) is 16.3. The molecule has 2 aromatic rings. The van der Waals surface area contributed by atoms with Crippen LogP contribution in [-0.4, -0.2) is 11.7 Å². The number of rotatable bonds is 7. The summed E-state index contributed by atoms with van der Waals surface area (Å²) in [4.78, 5) is 0. The molecule has 0 aliphatic rings. The summed E-state index contributed by atoms with van der Waals surface area (Å²) in [5.41, 5.74) is 9.61. The molecule has 0 aliphatic heterocycles. The molecule has 0 fully saturated rings. The maximum atomic E-state index is 5.21. The summed E-state index contributed by atoms with van der Waals surface area (Å²) < 4.78 is 0. The summed E-state index contributed by atoms with van der Waals surface area (Å²) in [6, 6.07) is 20.5. The van der Waals surface area contributed by atoms with E-state index in [2.05, 4.69) is 53.1 Å². The number of nitrogens with one attached hydrogen (secondary N) is 3. The van der Waals surface area contributed by atoms with Crippen LogP contribution >= 0.6 is 12.2 Å². The molecule has 0 bridgehead atoms. The van der Waals surface area contributed by atoms with Gasteiger partial charge in [0.25, 0.3) is 0 Å². The maximum Gasteiger partial charge on any atom is 0.185 e. The van der Waals surface area contributed by atoms with E-state index >= 15 is 0 Å². The lowest BCUT2D eigenvalue weighted by molar-refractivity contribution is 0.732. The third-order valence-electron chi connectivity index (χ3n) is 3.12. The molecule has 0 aliphatic carbocycles. The first-order chi connectivity index (χ1) is 11.3.